The van der Waals surface area contributed by atoms with Gasteiger partial charge in [0.15, 0.2) is 0 Å². The van der Waals surface area contributed by atoms with Gasteiger partial charge in [0.2, 0.25) is 5.91 Å². The first-order chi connectivity index (χ1) is 8.63. The van der Waals surface area contributed by atoms with E-state index in [0.29, 0.717) is 0 Å². The Bertz CT molecular complexity index is 530. The predicted molar refractivity (Wildman–Crippen MR) is 71.5 cm³/mol. The van der Waals surface area contributed by atoms with E-state index in [1.165, 1.54) is 5.56 Å². The number of anilines is 2. The van der Waals surface area contributed by atoms with Crippen molar-refractivity contribution in [3.63, 3.8) is 0 Å². The number of aromatic nitrogens is 2. The minimum atomic E-state index is -0.0808. The molecule has 0 aliphatic rings. The van der Waals surface area contributed by atoms with Gasteiger partial charge in [-0.05, 0) is 19.1 Å². The summed E-state index contributed by atoms with van der Waals surface area (Å²) >= 11 is 0. The molecule has 0 unspecified atom stereocenters. The molecule has 18 heavy (non-hydrogen) atoms. The Morgan fingerprint density at radius 1 is 1.28 bits per heavy atom. The zero-order chi connectivity index (χ0) is 13.0. The first-order valence-electron chi connectivity index (χ1n) is 5.72. The summed E-state index contributed by atoms with van der Waals surface area (Å²) in [5.74, 6) is -0.0808. The van der Waals surface area contributed by atoms with Gasteiger partial charge in [-0.1, -0.05) is 17.7 Å². The van der Waals surface area contributed by atoms with Crippen LogP contribution in [0.2, 0.25) is 0 Å². The molecule has 0 saturated heterocycles. The molecular formula is C13H16N4O. The van der Waals surface area contributed by atoms with E-state index in [-0.39, 0.29) is 12.5 Å². The second-order valence-electron chi connectivity index (χ2n) is 4.17. The van der Waals surface area contributed by atoms with Crippen LogP contribution in [0.1, 0.15) is 5.56 Å². The van der Waals surface area contributed by atoms with Crippen LogP contribution in [-0.2, 0) is 11.8 Å². The van der Waals surface area contributed by atoms with Crippen LogP contribution in [0.15, 0.2) is 36.7 Å². The number of hydrogen-bond acceptors (Lipinski definition) is 3. The van der Waals surface area contributed by atoms with Gasteiger partial charge in [-0.25, -0.2) is 0 Å². The largest absolute Gasteiger partial charge is 0.374 e. The van der Waals surface area contributed by atoms with Crippen molar-refractivity contribution in [1.29, 1.82) is 0 Å². The van der Waals surface area contributed by atoms with Crippen LogP contribution in [0.3, 0.4) is 0 Å². The maximum absolute atomic E-state index is 11.7. The van der Waals surface area contributed by atoms with Crippen LogP contribution < -0.4 is 10.6 Å². The van der Waals surface area contributed by atoms with Crippen molar-refractivity contribution < 1.29 is 4.79 Å². The average Bonchev–Trinajstić information content (AvgIpc) is 2.76. The Labute approximate surface area is 106 Å². The SMILES string of the molecule is Cc1ccc(NC(=O)CNc2cnn(C)c2)cc1. The van der Waals surface area contributed by atoms with Crippen molar-refractivity contribution in [3.05, 3.63) is 42.2 Å². The predicted octanol–water partition coefficient (Wildman–Crippen LogP) is 1.78. The maximum Gasteiger partial charge on any atom is 0.243 e. The summed E-state index contributed by atoms with van der Waals surface area (Å²) in [5, 5.41) is 9.83. The lowest BCUT2D eigenvalue weighted by Gasteiger charge is -2.06. The molecule has 0 bridgehead atoms. The molecular weight excluding hydrogens is 228 g/mol. The fourth-order valence-electron chi connectivity index (χ4n) is 1.54. The number of rotatable bonds is 4. The Hall–Kier alpha value is -2.30. The lowest BCUT2D eigenvalue weighted by atomic mass is 10.2. The standard InChI is InChI=1S/C13H16N4O/c1-10-3-5-11(6-4-10)16-13(18)8-14-12-7-15-17(2)9-12/h3-7,9,14H,8H2,1-2H3,(H,16,18). The normalized spacial score (nSPS) is 10.1. The fraction of sp³-hybridized carbons (Fsp3) is 0.231. The highest BCUT2D eigenvalue weighted by Crippen LogP contribution is 2.08. The smallest absolute Gasteiger partial charge is 0.243 e. The number of carbonyl (C=O) groups is 1. The Morgan fingerprint density at radius 2 is 2.00 bits per heavy atom. The molecule has 1 amide bonds. The summed E-state index contributed by atoms with van der Waals surface area (Å²) in [7, 11) is 1.83. The van der Waals surface area contributed by atoms with Gasteiger partial charge in [0.1, 0.15) is 0 Å². The highest BCUT2D eigenvalue weighted by Gasteiger charge is 2.02. The molecule has 0 atom stereocenters. The fourth-order valence-corrected chi connectivity index (χ4v) is 1.54. The number of aryl methyl sites for hydroxylation is 2. The van der Waals surface area contributed by atoms with Crippen LogP contribution in [0, 0.1) is 6.92 Å². The van der Waals surface area contributed by atoms with Gasteiger partial charge in [0, 0.05) is 18.9 Å². The molecule has 1 aromatic heterocycles. The summed E-state index contributed by atoms with van der Waals surface area (Å²) in [6.45, 7) is 2.23. The molecule has 2 N–H and O–H groups in total. The van der Waals surface area contributed by atoms with Gasteiger partial charge >= 0.3 is 0 Å². The van der Waals surface area contributed by atoms with E-state index in [1.807, 2.05) is 44.4 Å². The molecule has 5 heteroatoms. The van der Waals surface area contributed by atoms with Crippen molar-refractivity contribution in [2.75, 3.05) is 17.2 Å². The lowest BCUT2D eigenvalue weighted by Crippen LogP contribution is -2.21. The van der Waals surface area contributed by atoms with Crippen molar-refractivity contribution in [2.24, 2.45) is 7.05 Å². The molecule has 0 spiro atoms. The molecule has 2 rings (SSSR count). The number of nitrogens with one attached hydrogen (secondary N) is 2. The minimum Gasteiger partial charge on any atom is -0.374 e. The van der Waals surface area contributed by atoms with Crippen molar-refractivity contribution in [1.82, 2.24) is 9.78 Å². The molecule has 1 aromatic carbocycles. The van der Waals surface area contributed by atoms with Gasteiger partial charge in [0.05, 0.1) is 18.4 Å². The summed E-state index contributed by atoms with van der Waals surface area (Å²) in [5.41, 5.74) is 2.80. The Morgan fingerprint density at radius 3 is 2.61 bits per heavy atom. The summed E-state index contributed by atoms with van der Waals surface area (Å²) in [6, 6.07) is 7.70. The summed E-state index contributed by atoms with van der Waals surface area (Å²) in [4.78, 5) is 11.7. The molecule has 0 aliphatic carbocycles. The second-order valence-corrected chi connectivity index (χ2v) is 4.17. The maximum atomic E-state index is 11.7. The molecule has 0 fully saturated rings. The monoisotopic (exact) mass is 244 g/mol. The number of amides is 1. The second kappa shape index (κ2) is 5.35. The van der Waals surface area contributed by atoms with Crippen LogP contribution in [0.4, 0.5) is 11.4 Å². The topological polar surface area (TPSA) is 59.0 Å². The van der Waals surface area contributed by atoms with Crippen LogP contribution in [0.25, 0.3) is 0 Å². The third-order valence-electron chi connectivity index (χ3n) is 2.49. The van der Waals surface area contributed by atoms with Crippen molar-refractivity contribution in [2.45, 2.75) is 6.92 Å². The van der Waals surface area contributed by atoms with E-state index in [0.717, 1.165) is 11.4 Å². The minimum absolute atomic E-state index is 0.0808. The van der Waals surface area contributed by atoms with Crippen molar-refractivity contribution in [3.8, 4) is 0 Å². The Balaban J connectivity index is 1.83. The van der Waals surface area contributed by atoms with E-state index < -0.39 is 0 Å². The van der Waals surface area contributed by atoms with Crippen LogP contribution in [-0.4, -0.2) is 22.2 Å². The highest BCUT2D eigenvalue weighted by molar-refractivity contribution is 5.93. The first-order valence-corrected chi connectivity index (χ1v) is 5.72. The number of nitrogens with zero attached hydrogens (tertiary/aromatic N) is 2. The molecule has 0 saturated carbocycles. The van der Waals surface area contributed by atoms with E-state index in [2.05, 4.69) is 15.7 Å². The average molecular weight is 244 g/mol. The zero-order valence-electron chi connectivity index (χ0n) is 10.5. The van der Waals surface area contributed by atoms with E-state index in [4.69, 9.17) is 0 Å². The summed E-state index contributed by atoms with van der Waals surface area (Å²) < 4.78 is 1.68. The lowest BCUT2D eigenvalue weighted by molar-refractivity contribution is -0.114. The first kappa shape index (κ1) is 12.2. The van der Waals surface area contributed by atoms with E-state index in [1.54, 1.807) is 10.9 Å². The third kappa shape index (κ3) is 3.35. The molecule has 0 radical (unpaired) electrons. The van der Waals surface area contributed by atoms with Crippen LogP contribution in [0.5, 0.6) is 0 Å². The molecule has 1 heterocycles. The van der Waals surface area contributed by atoms with Crippen LogP contribution >= 0.6 is 0 Å². The zero-order valence-corrected chi connectivity index (χ0v) is 10.5. The molecule has 94 valence electrons. The number of benzene rings is 1. The van der Waals surface area contributed by atoms with E-state index >= 15 is 0 Å². The Kier molecular flexibility index (Phi) is 3.62. The number of carbonyl (C=O) groups excluding carboxylic acids is 1. The van der Waals surface area contributed by atoms with Gasteiger partial charge < -0.3 is 10.6 Å². The summed E-state index contributed by atoms with van der Waals surface area (Å²) in [6.07, 6.45) is 3.50. The van der Waals surface area contributed by atoms with Crippen molar-refractivity contribution >= 4 is 17.3 Å². The van der Waals surface area contributed by atoms with Gasteiger partial charge in [0.25, 0.3) is 0 Å². The molecule has 0 aliphatic heterocycles. The molecule has 5 nitrogen and oxygen atoms in total. The highest BCUT2D eigenvalue weighted by atomic mass is 16.1. The van der Waals surface area contributed by atoms with Gasteiger partial charge in [-0.15, -0.1) is 0 Å². The number of hydrogen-bond donors (Lipinski definition) is 2. The molecule has 2 aromatic rings. The van der Waals surface area contributed by atoms with Gasteiger partial charge in [-0.3, -0.25) is 9.48 Å². The quantitative estimate of drug-likeness (QED) is 0.862. The third-order valence-corrected chi connectivity index (χ3v) is 2.49. The van der Waals surface area contributed by atoms with E-state index in [9.17, 15) is 4.79 Å². The van der Waals surface area contributed by atoms with Gasteiger partial charge in [-0.2, -0.15) is 5.10 Å².